The first-order chi connectivity index (χ1) is 12.5. The average Bonchev–Trinajstić information content (AvgIpc) is 2.62. The molecule has 1 aliphatic rings. The Kier molecular flexibility index (Phi) is 6.51. The van der Waals surface area contributed by atoms with Gasteiger partial charge in [-0.25, -0.2) is 8.42 Å². The standard InChI is InChI=1S/C19H29N3O4S/c1-5-27(25,26)21-16-8-6-15(7-9-16)20-17(23)14-10-12-22(13-11-14)18(24)19(2,3)4/h6-9,14,21H,5,10-13H2,1-4H3,(H,20,23). The van der Waals surface area contributed by atoms with Gasteiger partial charge in [0.15, 0.2) is 0 Å². The van der Waals surface area contributed by atoms with Crippen LogP contribution in [0.15, 0.2) is 24.3 Å². The normalized spacial score (nSPS) is 16.1. The first-order valence-corrected chi connectivity index (χ1v) is 10.9. The summed E-state index contributed by atoms with van der Waals surface area (Å²) in [6, 6.07) is 6.58. The highest BCUT2D eigenvalue weighted by molar-refractivity contribution is 7.92. The summed E-state index contributed by atoms with van der Waals surface area (Å²) < 4.78 is 25.6. The molecular weight excluding hydrogens is 366 g/mol. The van der Waals surface area contributed by atoms with Crippen molar-refractivity contribution < 1.29 is 18.0 Å². The van der Waals surface area contributed by atoms with Crippen molar-refractivity contribution in [3.8, 4) is 0 Å². The molecule has 1 aliphatic heterocycles. The zero-order valence-electron chi connectivity index (χ0n) is 16.4. The van der Waals surface area contributed by atoms with E-state index in [2.05, 4.69) is 10.0 Å². The molecule has 0 radical (unpaired) electrons. The second-order valence-corrected chi connectivity index (χ2v) is 9.90. The summed E-state index contributed by atoms with van der Waals surface area (Å²) in [6.07, 6.45) is 1.28. The highest BCUT2D eigenvalue weighted by Gasteiger charge is 2.32. The zero-order valence-corrected chi connectivity index (χ0v) is 17.2. The Labute approximate surface area is 161 Å². The number of rotatable bonds is 5. The second kappa shape index (κ2) is 8.29. The highest BCUT2D eigenvalue weighted by Crippen LogP contribution is 2.25. The summed E-state index contributed by atoms with van der Waals surface area (Å²) in [5.74, 6) is -0.0828. The van der Waals surface area contributed by atoms with Crippen molar-refractivity contribution in [3.05, 3.63) is 24.3 Å². The van der Waals surface area contributed by atoms with Gasteiger partial charge >= 0.3 is 0 Å². The fourth-order valence-corrected chi connectivity index (χ4v) is 3.58. The van der Waals surface area contributed by atoms with Gasteiger partial charge in [0.05, 0.1) is 5.75 Å². The number of benzene rings is 1. The molecule has 1 aromatic carbocycles. The zero-order chi connectivity index (χ0) is 20.2. The number of anilines is 2. The van der Waals surface area contributed by atoms with Crippen molar-refractivity contribution in [1.29, 1.82) is 0 Å². The number of carbonyl (C=O) groups is 2. The molecule has 8 heteroatoms. The Morgan fingerprint density at radius 3 is 2.07 bits per heavy atom. The number of hydrogen-bond acceptors (Lipinski definition) is 4. The van der Waals surface area contributed by atoms with Crippen LogP contribution in [-0.4, -0.2) is 44.0 Å². The lowest BCUT2D eigenvalue weighted by atomic mass is 9.90. The van der Waals surface area contributed by atoms with Crippen molar-refractivity contribution in [2.24, 2.45) is 11.3 Å². The summed E-state index contributed by atoms with van der Waals surface area (Å²) in [6.45, 7) is 8.45. The Morgan fingerprint density at radius 1 is 1.07 bits per heavy atom. The Hall–Kier alpha value is -2.09. The summed E-state index contributed by atoms with van der Waals surface area (Å²) in [5.41, 5.74) is 0.673. The maximum atomic E-state index is 12.5. The molecule has 2 amide bonds. The predicted octanol–water partition coefficient (Wildman–Crippen LogP) is 2.67. The summed E-state index contributed by atoms with van der Waals surface area (Å²) in [5, 5.41) is 2.87. The van der Waals surface area contributed by atoms with E-state index >= 15 is 0 Å². The molecule has 0 aromatic heterocycles. The highest BCUT2D eigenvalue weighted by atomic mass is 32.2. The van der Waals surface area contributed by atoms with Crippen molar-refractivity contribution in [2.75, 3.05) is 28.9 Å². The van der Waals surface area contributed by atoms with Gasteiger partial charge in [0.1, 0.15) is 0 Å². The monoisotopic (exact) mass is 395 g/mol. The third kappa shape index (κ3) is 5.95. The van der Waals surface area contributed by atoms with Crippen LogP contribution in [0.3, 0.4) is 0 Å². The molecule has 2 N–H and O–H groups in total. The maximum Gasteiger partial charge on any atom is 0.232 e. The van der Waals surface area contributed by atoms with E-state index in [1.807, 2.05) is 25.7 Å². The molecule has 7 nitrogen and oxygen atoms in total. The molecular formula is C19H29N3O4S. The van der Waals surface area contributed by atoms with E-state index in [0.29, 0.717) is 37.3 Å². The summed E-state index contributed by atoms with van der Waals surface area (Å²) >= 11 is 0. The van der Waals surface area contributed by atoms with Gasteiger partial charge in [-0.3, -0.25) is 14.3 Å². The smallest absolute Gasteiger partial charge is 0.232 e. The van der Waals surface area contributed by atoms with E-state index in [4.69, 9.17) is 0 Å². The SMILES string of the molecule is CCS(=O)(=O)Nc1ccc(NC(=O)C2CCN(C(=O)C(C)(C)C)CC2)cc1. The van der Waals surface area contributed by atoms with E-state index in [1.54, 1.807) is 31.2 Å². The lowest BCUT2D eigenvalue weighted by Crippen LogP contribution is -2.45. The molecule has 0 saturated carbocycles. The van der Waals surface area contributed by atoms with Crippen LogP contribution in [0.4, 0.5) is 11.4 Å². The number of sulfonamides is 1. The Morgan fingerprint density at radius 2 is 1.59 bits per heavy atom. The molecule has 0 unspecified atom stereocenters. The lowest BCUT2D eigenvalue weighted by molar-refractivity contribution is -0.142. The quantitative estimate of drug-likeness (QED) is 0.801. The lowest BCUT2D eigenvalue weighted by Gasteiger charge is -2.35. The Balaban J connectivity index is 1.88. The number of carbonyl (C=O) groups excluding carboxylic acids is 2. The van der Waals surface area contributed by atoms with E-state index in [0.717, 1.165) is 0 Å². The average molecular weight is 396 g/mol. The third-order valence-corrected chi connectivity index (χ3v) is 5.91. The van der Waals surface area contributed by atoms with Gasteiger partial charge in [0.2, 0.25) is 21.8 Å². The van der Waals surface area contributed by atoms with Crippen LogP contribution in [0.2, 0.25) is 0 Å². The Bertz CT molecular complexity index is 774. The molecule has 1 saturated heterocycles. The summed E-state index contributed by atoms with van der Waals surface area (Å²) in [4.78, 5) is 26.6. The number of likely N-dealkylation sites (tertiary alicyclic amines) is 1. The predicted molar refractivity (Wildman–Crippen MR) is 107 cm³/mol. The van der Waals surface area contributed by atoms with Gasteiger partial charge in [-0.05, 0) is 44.0 Å². The van der Waals surface area contributed by atoms with Crippen LogP contribution in [0.1, 0.15) is 40.5 Å². The largest absolute Gasteiger partial charge is 0.342 e. The van der Waals surface area contributed by atoms with E-state index in [-0.39, 0.29) is 23.5 Å². The molecule has 150 valence electrons. The first kappa shape index (κ1) is 21.2. The number of nitrogens with zero attached hydrogens (tertiary/aromatic N) is 1. The molecule has 1 fully saturated rings. The fraction of sp³-hybridized carbons (Fsp3) is 0.579. The van der Waals surface area contributed by atoms with Crippen LogP contribution >= 0.6 is 0 Å². The maximum absolute atomic E-state index is 12.5. The van der Waals surface area contributed by atoms with Gasteiger partial charge in [0.25, 0.3) is 0 Å². The minimum Gasteiger partial charge on any atom is -0.342 e. The molecule has 0 bridgehead atoms. The van der Waals surface area contributed by atoms with Crippen LogP contribution in [-0.2, 0) is 19.6 Å². The molecule has 0 spiro atoms. The van der Waals surface area contributed by atoms with Gasteiger partial charge in [-0.15, -0.1) is 0 Å². The van der Waals surface area contributed by atoms with Gasteiger partial charge in [-0.2, -0.15) is 0 Å². The minimum absolute atomic E-state index is 0.00189. The molecule has 0 aliphatic carbocycles. The van der Waals surface area contributed by atoms with E-state index in [9.17, 15) is 18.0 Å². The molecule has 0 atom stereocenters. The molecule has 2 rings (SSSR count). The van der Waals surface area contributed by atoms with Crippen LogP contribution in [0.5, 0.6) is 0 Å². The molecule has 1 aromatic rings. The van der Waals surface area contributed by atoms with Crippen molar-refractivity contribution in [2.45, 2.75) is 40.5 Å². The van der Waals surface area contributed by atoms with Crippen molar-refractivity contribution in [3.63, 3.8) is 0 Å². The van der Waals surface area contributed by atoms with Gasteiger partial charge in [-0.1, -0.05) is 20.8 Å². The topological polar surface area (TPSA) is 95.6 Å². The van der Waals surface area contributed by atoms with E-state index < -0.39 is 15.4 Å². The fourth-order valence-electron chi connectivity index (χ4n) is 2.94. The van der Waals surface area contributed by atoms with Crippen LogP contribution < -0.4 is 10.0 Å². The minimum atomic E-state index is -3.32. The van der Waals surface area contributed by atoms with E-state index in [1.165, 1.54) is 0 Å². The van der Waals surface area contributed by atoms with Crippen molar-refractivity contribution in [1.82, 2.24) is 4.90 Å². The molecule has 27 heavy (non-hydrogen) atoms. The molecule has 1 heterocycles. The van der Waals surface area contributed by atoms with Crippen LogP contribution in [0, 0.1) is 11.3 Å². The van der Waals surface area contributed by atoms with Crippen molar-refractivity contribution >= 4 is 33.2 Å². The number of amides is 2. The number of piperidine rings is 1. The van der Waals surface area contributed by atoms with Gasteiger partial charge < -0.3 is 10.2 Å². The summed E-state index contributed by atoms with van der Waals surface area (Å²) in [7, 11) is -3.32. The number of nitrogens with one attached hydrogen (secondary N) is 2. The van der Waals surface area contributed by atoms with Gasteiger partial charge in [0, 0.05) is 35.8 Å². The second-order valence-electron chi connectivity index (χ2n) is 7.89. The number of hydrogen-bond donors (Lipinski definition) is 2. The first-order valence-electron chi connectivity index (χ1n) is 9.22. The van der Waals surface area contributed by atoms with Crippen LogP contribution in [0.25, 0.3) is 0 Å². The third-order valence-electron chi connectivity index (χ3n) is 4.60.